The second kappa shape index (κ2) is 7.50. The Balaban J connectivity index is 2.13. The third-order valence-electron chi connectivity index (χ3n) is 3.51. The number of rotatable bonds is 6. The topological polar surface area (TPSA) is 43.1 Å². The van der Waals surface area contributed by atoms with Crippen LogP contribution in [0.15, 0.2) is 54.6 Å². The van der Waals surface area contributed by atoms with Gasteiger partial charge in [-0.05, 0) is 18.6 Å². The van der Waals surface area contributed by atoms with Crippen LogP contribution in [-0.4, -0.2) is 23.3 Å². The normalized spacial score (nSPS) is 12.9. The van der Waals surface area contributed by atoms with Gasteiger partial charge in [-0.15, -0.1) is 0 Å². The Hall–Kier alpha value is -2.49. The number of carbonyl (C=O) groups excluding carboxylic acids is 1. The minimum absolute atomic E-state index is 0.0125. The summed E-state index contributed by atoms with van der Waals surface area (Å²) in [7, 11) is 0. The lowest BCUT2D eigenvalue weighted by molar-refractivity contribution is -0.458. The molecule has 0 fully saturated rings. The average molecular weight is 299 g/mol. The summed E-state index contributed by atoms with van der Waals surface area (Å²) in [5.74, 6) is -0.931. The van der Waals surface area contributed by atoms with E-state index in [-0.39, 0.29) is 17.9 Å². The van der Waals surface area contributed by atoms with Crippen molar-refractivity contribution in [2.24, 2.45) is 5.92 Å². The number of benzene rings is 2. The van der Waals surface area contributed by atoms with Crippen molar-refractivity contribution in [2.75, 3.05) is 6.54 Å². The molecule has 2 aromatic rings. The van der Waals surface area contributed by atoms with Crippen molar-refractivity contribution >= 4 is 12.0 Å². The van der Waals surface area contributed by atoms with Crippen LogP contribution in [0.5, 0.6) is 0 Å². The quantitative estimate of drug-likeness (QED) is 0.268. The number of ketones is 1. The van der Waals surface area contributed by atoms with Crippen molar-refractivity contribution in [1.29, 1.82) is 0 Å². The highest BCUT2D eigenvalue weighted by atomic mass is 19.1. The van der Waals surface area contributed by atoms with Gasteiger partial charge in [-0.1, -0.05) is 49.4 Å². The third kappa shape index (κ3) is 4.01. The van der Waals surface area contributed by atoms with E-state index < -0.39 is 11.7 Å². The Kier molecular flexibility index (Phi) is 5.42. The summed E-state index contributed by atoms with van der Waals surface area (Å²) in [5, 5.41) is 12.0. The first kappa shape index (κ1) is 15.9. The first-order chi connectivity index (χ1) is 10.6. The maximum atomic E-state index is 13.5. The summed E-state index contributed by atoms with van der Waals surface area (Å²) in [5.41, 5.74) is 0.813. The van der Waals surface area contributed by atoms with E-state index in [1.54, 1.807) is 36.4 Å². The fraction of sp³-hybridized carbons (Fsp3) is 0.222. The molecule has 0 N–H and O–H groups in total. The Labute approximate surface area is 129 Å². The molecule has 0 saturated carbocycles. The first-order valence-electron chi connectivity index (χ1n) is 7.24. The largest absolute Gasteiger partial charge is 0.624 e. The van der Waals surface area contributed by atoms with Gasteiger partial charge in [0.05, 0.1) is 11.5 Å². The highest BCUT2D eigenvalue weighted by Gasteiger charge is 2.21. The zero-order valence-electron chi connectivity index (χ0n) is 12.4. The number of hydroxylamine groups is 1. The molecule has 2 aromatic carbocycles. The van der Waals surface area contributed by atoms with Gasteiger partial charge in [0, 0.05) is 5.56 Å². The molecule has 0 bridgehead atoms. The van der Waals surface area contributed by atoms with Crippen LogP contribution >= 0.6 is 0 Å². The van der Waals surface area contributed by atoms with E-state index in [0.29, 0.717) is 16.7 Å². The zero-order chi connectivity index (χ0) is 15.9. The predicted octanol–water partition coefficient (Wildman–Crippen LogP) is 3.66. The van der Waals surface area contributed by atoms with E-state index in [4.69, 9.17) is 0 Å². The number of halogens is 1. The van der Waals surface area contributed by atoms with Crippen LogP contribution in [0.25, 0.3) is 0 Å². The monoisotopic (exact) mass is 299 g/mol. The summed E-state index contributed by atoms with van der Waals surface area (Å²) in [6, 6.07) is 14.9. The molecule has 0 radical (unpaired) electrons. The van der Waals surface area contributed by atoms with E-state index >= 15 is 0 Å². The van der Waals surface area contributed by atoms with Gasteiger partial charge in [-0.2, -0.15) is 0 Å². The molecule has 0 aliphatic heterocycles. The number of Topliss-reactive ketones (excluding diaryl/α,β-unsaturated/α-hetero) is 1. The number of hydrogen-bond donors (Lipinski definition) is 0. The maximum Gasteiger partial charge on any atom is 0.184 e. The van der Waals surface area contributed by atoms with Crippen LogP contribution in [-0.2, 0) is 0 Å². The Bertz CT molecular complexity index is 668. The van der Waals surface area contributed by atoms with Crippen molar-refractivity contribution in [3.8, 4) is 0 Å². The lowest BCUT2D eigenvalue weighted by Gasteiger charge is -2.13. The van der Waals surface area contributed by atoms with E-state index in [1.165, 1.54) is 18.3 Å². The smallest absolute Gasteiger partial charge is 0.184 e. The molecule has 0 amide bonds. The lowest BCUT2D eigenvalue weighted by Crippen LogP contribution is -2.24. The summed E-state index contributed by atoms with van der Waals surface area (Å²) in [6.07, 6.45) is 1.74. The summed E-state index contributed by atoms with van der Waals surface area (Å²) in [6.45, 7) is 1.88. The fourth-order valence-corrected chi connectivity index (χ4v) is 2.24. The van der Waals surface area contributed by atoms with Crippen LogP contribution in [0.4, 0.5) is 4.39 Å². The SMILES string of the molecule is CCC(C[N+]([O-])=Cc1ccccc1F)C(=O)c1ccccc1. The van der Waals surface area contributed by atoms with Crippen molar-refractivity contribution in [1.82, 2.24) is 0 Å². The van der Waals surface area contributed by atoms with Gasteiger partial charge in [0.2, 0.25) is 0 Å². The van der Waals surface area contributed by atoms with E-state index in [9.17, 15) is 14.4 Å². The van der Waals surface area contributed by atoms with Crippen LogP contribution in [0.1, 0.15) is 29.3 Å². The molecule has 0 spiro atoms. The van der Waals surface area contributed by atoms with Crippen molar-refractivity contribution in [3.63, 3.8) is 0 Å². The van der Waals surface area contributed by atoms with Gasteiger partial charge in [0.15, 0.2) is 18.5 Å². The lowest BCUT2D eigenvalue weighted by atomic mass is 9.95. The van der Waals surface area contributed by atoms with Gasteiger partial charge in [0.25, 0.3) is 0 Å². The third-order valence-corrected chi connectivity index (χ3v) is 3.51. The molecule has 0 aliphatic rings. The van der Waals surface area contributed by atoms with E-state index in [2.05, 4.69) is 0 Å². The molecule has 0 saturated heterocycles. The molecule has 0 aromatic heterocycles. The van der Waals surface area contributed by atoms with E-state index in [0.717, 1.165) is 0 Å². The predicted molar refractivity (Wildman–Crippen MR) is 84.6 cm³/mol. The number of nitrogens with zero attached hydrogens (tertiary/aromatic N) is 1. The average Bonchev–Trinajstić information content (AvgIpc) is 2.55. The van der Waals surface area contributed by atoms with Gasteiger partial charge >= 0.3 is 0 Å². The molecule has 2 rings (SSSR count). The second-order valence-corrected chi connectivity index (χ2v) is 5.09. The Morgan fingerprint density at radius 2 is 1.82 bits per heavy atom. The minimum atomic E-state index is -0.453. The fourth-order valence-electron chi connectivity index (χ4n) is 2.24. The molecule has 3 nitrogen and oxygen atoms in total. The molecular weight excluding hydrogens is 281 g/mol. The molecule has 22 heavy (non-hydrogen) atoms. The van der Waals surface area contributed by atoms with Gasteiger partial charge in [0.1, 0.15) is 5.82 Å². The van der Waals surface area contributed by atoms with Crippen molar-refractivity contribution < 1.29 is 13.9 Å². The summed E-state index contributed by atoms with van der Waals surface area (Å²) in [4.78, 5) is 12.4. The number of hydrogen-bond acceptors (Lipinski definition) is 2. The summed E-state index contributed by atoms with van der Waals surface area (Å²) < 4.78 is 14.2. The molecule has 0 aliphatic carbocycles. The molecule has 1 atom stereocenters. The van der Waals surface area contributed by atoms with Crippen LogP contribution < -0.4 is 0 Å². The van der Waals surface area contributed by atoms with E-state index in [1.807, 2.05) is 13.0 Å². The highest BCUT2D eigenvalue weighted by molar-refractivity contribution is 5.97. The van der Waals surface area contributed by atoms with Crippen molar-refractivity contribution in [3.05, 3.63) is 76.7 Å². The Morgan fingerprint density at radius 1 is 1.18 bits per heavy atom. The zero-order valence-corrected chi connectivity index (χ0v) is 12.4. The minimum Gasteiger partial charge on any atom is -0.624 e. The first-order valence-corrected chi connectivity index (χ1v) is 7.24. The van der Waals surface area contributed by atoms with Crippen LogP contribution in [0, 0.1) is 16.9 Å². The van der Waals surface area contributed by atoms with Gasteiger partial charge in [-0.25, -0.2) is 9.13 Å². The molecule has 0 heterocycles. The Morgan fingerprint density at radius 3 is 2.45 bits per heavy atom. The molecular formula is C18H18FNO2. The molecule has 4 heteroatoms. The summed E-state index contributed by atoms with van der Waals surface area (Å²) >= 11 is 0. The number of carbonyl (C=O) groups is 1. The maximum absolute atomic E-state index is 13.5. The van der Waals surface area contributed by atoms with Gasteiger partial charge < -0.3 is 5.21 Å². The van der Waals surface area contributed by atoms with Crippen LogP contribution in [0.2, 0.25) is 0 Å². The molecule has 114 valence electrons. The van der Waals surface area contributed by atoms with Crippen LogP contribution in [0.3, 0.4) is 0 Å². The highest BCUT2D eigenvalue weighted by Crippen LogP contribution is 2.13. The van der Waals surface area contributed by atoms with Gasteiger partial charge in [-0.3, -0.25) is 4.79 Å². The van der Waals surface area contributed by atoms with Crippen molar-refractivity contribution in [2.45, 2.75) is 13.3 Å². The molecule has 1 unspecified atom stereocenters. The standard InChI is InChI=1S/C18H18FNO2/c1-2-14(18(21)15-8-4-3-5-9-15)12-20(22)13-16-10-6-7-11-17(16)19/h3-11,13-14H,2,12H2,1H3. The second-order valence-electron chi connectivity index (χ2n) is 5.09.